The lowest BCUT2D eigenvalue weighted by molar-refractivity contribution is 0.0527. The molecule has 1 N–H and O–H groups in total. The molecule has 2 aliphatic rings. The molecule has 3 nitrogen and oxygen atoms in total. The second-order valence-corrected chi connectivity index (χ2v) is 6.64. The number of nitrogens with zero attached hydrogens (tertiary/aromatic N) is 1. The van der Waals surface area contributed by atoms with E-state index in [9.17, 15) is 9.90 Å². The van der Waals surface area contributed by atoms with Crippen LogP contribution < -0.4 is 0 Å². The smallest absolute Gasteiger partial charge is 0.254 e. The summed E-state index contributed by atoms with van der Waals surface area (Å²) in [5.74, 6) is 0.438. The SMILES string of the molecule is Cc1cccc(C)c1C(=O)N1CCCC1C1CCCC1O. The summed E-state index contributed by atoms with van der Waals surface area (Å²) in [7, 11) is 0. The van der Waals surface area contributed by atoms with Crippen LogP contribution in [-0.4, -0.2) is 34.6 Å². The summed E-state index contributed by atoms with van der Waals surface area (Å²) in [6.07, 6.45) is 4.92. The number of hydrogen-bond donors (Lipinski definition) is 1. The van der Waals surface area contributed by atoms with Crippen LogP contribution in [0.25, 0.3) is 0 Å². The number of benzene rings is 1. The summed E-state index contributed by atoms with van der Waals surface area (Å²) in [6.45, 7) is 4.85. The van der Waals surface area contributed by atoms with E-state index in [2.05, 4.69) is 0 Å². The van der Waals surface area contributed by atoms with Gasteiger partial charge in [-0.2, -0.15) is 0 Å². The first-order valence-electron chi connectivity index (χ1n) is 8.15. The maximum atomic E-state index is 13.0. The van der Waals surface area contributed by atoms with E-state index in [1.165, 1.54) is 0 Å². The third-order valence-corrected chi connectivity index (χ3v) is 5.28. The molecule has 3 rings (SSSR count). The zero-order chi connectivity index (χ0) is 15.0. The van der Waals surface area contributed by atoms with E-state index in [1.807, 2.05) is 36.9 Å². The minimum atomic E-state index is -0.221. The number of likely N-dealkylation sites (tertiary alicyclic amines) is 1. The summed E-state index contributed by atoms with van der Waals surface area (Å²) in [4.78, 5) is 15.0. The molecule has 1 aliphatic carbocycles. The van der Waals surface area contributed by atoms with E-state index in [-0.39, 0.29) is 24.0 Å². The van der Waals surface area contributed by atoms with Crippen molar-refractivity contribution in [3.63, 3.8) is 0 Å². The van der Waals surface area contributed by atoms with E-state index in [0.29, 0.717) is 0 Å². The van der Waals surface area contributed by atoms with Gasteiger partial charge in [0, 0.05) is 24.1 Å². The molecule has 21 heavy (non-hydrogen) atoms. The van der Waals surface area contributed by atoms with Crippen molar-refractivity contribution in [2.24, 2.45) is 5.92 Å². The summed E-state index contributed by atoms with van der Waals surface area (Å²) >= 11 is 0. The minimum Gasteiger partial charge on any atom is -0.393 e. The molecule has 1 amide bonds. The highest BCUT2D eigenvalue weighted by Crippen LogP contribution is 2.36. The maximum Gasteiger partial charge on any atom is 0.254 e. The van der Waals surface area contributed by atoms with Crippen molar-refractivity contribution in [2.45, 2.75) is 58.1 Å². The van der Waals surface area contributed by atoms with Gasteiger partial charge in [0.1, 0.15) is 0 Å². The molecular weight excluding hydrogens is 262 g/mol. The molecule has 1 saturated heterocycles. The van der Waals surface area contributed by atoms with Gasteiger partial charge in [0.25, 0.3) is 5.91 Å². The Labute approximate surface area is 127 Å². The first kappa shape index (κ1) is 14.6. The second-order valence-electron chi connectivity index (χ2n) is 6.64. The van der Waals surface area contributed by atoms with Gasteiger partial charge in [-0.15, -0.1) is 0 Å². The van der Waals surface area contributed by atoms with Gasteiger partial charge in [-0.25, -0.2) is 0 Å². The molecular formula is C18H25NO2. The molecule has 1 aliphatic heterocycles. The monoisotopic (exact) mass is 287 g/mol. The van der Waals surface area contributed by atoms with Crippen molar-refractivity contribution in [1.29, 1.82) is 0 Å². The third-order valence-electron chi connectivity index (χ3n) is 5.28. The van der Waals surface area contributed by atoms with E-state index >= 15 is 0 Å². The number of carbonyl (C=O) groups excluding carboxylic acids is 1. The highest BCUT2D eigenvalue weighted by atomic mass is 16.3. The molecule has 3 atom stereocenters. The van der Waals surface area contributed by atoms with Crippen LogP contribution in [0.15, 0.2) is 18.2 Å². The van der Waals surface area contributed by atoms with E-state index in [0.717, 1.165) is 55.3 Å². The van der Waals surface area contributed by atoms with Gasteiger partial charge in [0.05, 0.1) is 6.10 Å². The third kappa shape index (κ3) is 2.59. The number of amides is 1. The van der Waals surface area contributed by atoms with Gasteiger partial charge in [-0.05, 0) is 50.7 Å². The molecule has 2 fully saturated rings. The highest BCUT2D eigenvalue weighted by molar-refractivity contribution is 5.97. The molecule has 0 spiro atoms. The number of carbonyl (C=O) groups is 1. The lowest BCUT2D eigenvalue weighted by atomic mass is 9.93. The van der Waals surface area contributed by atoms with Gasteiger partial charge in [-0.3, -0.25) is 4.79 Å². The zero-order valence-electron chi connectivity index (χ0n) is 13.0. The van der Waals surface area contributed by atoms with Gasteiger partial charge >= 0.3 is 0 Å². The van der Waals surface area contributed by atoms with Gasteiger partial charge < -0.3 is 10.0 Å². The van der Waals surface area contributed by atoms with Crippen LogP contribution in [0.2, 0.25) is 0 Å². The first-order chi connectivity index (χ1) is 10.1. The van der Waals surface area contributed by atoms with Gasteiger partial charge in [0.15, 0.2) is 0 Å². The fraction of sp³-hybridized carbons (Fsp3) is 0.611. The number of rotatable bonds is 2. The number of aliphatic hydroxyl groups excluding tert-OH is 1. The Morgan fingerprint density at radius 3 is 2.48 bits per heavy atom. The second kappa shape index (κ2) is 5.80. The van der Waals surface area contributed by atoms with Crippen molar-refractivity contribution < 1.29 is 9.90 Å². The zero-order valence-corrected chi connectivity index (χ0v) is 13.0. The van der Waals surface area contributed by atoms with Crippen molar-refractivity contribution in [3.05, 3.63) is 34.9 Å². The van der Waals surface area contributed by atoms with E-state index < -0.39 is 0 Å². The standard InChI is InChI=1S/C18H25NO2/c1-12-6-3-7-13(2)17(12)18(21)19-11-5-9-15(19)14-8-4-10-16(14)20/h3,6-7,14-16,20H,4-5,8-11H2,1-2H3. The fourth-order valence-electron chi connectivity index (χ4n) is 4.20. The lowest BCUT2D eigenvalue weighted by Crippen LogP contribution is -2.42. The fourth-order valence-corrected chi connectivity index (χ4v) is 4.20. The summed E-state index contributed by atoms with van der Waals surface area (Å²) in [5, 5.41) is 10.2. The molecule has 1 aromatic rings. The average molecular weight is 287 g/mol. The molecule has 114 valence electrons. The molecule has 3 heteroatoms. The van der Waals surface area contributed by atoms with Crippen LogP contribution in [0, 0.1) is 19.8 Å². The van der Waals surface area contributed by atoms with Crippen LogP contribution in [0.5, 0.6) is 0 Å². The molecule has 1 aromatic carbocycles. The van der Waals surface area contributed by atoms with Gasteiger partial charge in [-0.1, -0.05) is 24.6 Å². The molecule has 0 radical (unpaired) electrons. The Balaban J connectivity index is 1.86. The van der Waals surface area contributed by atoms with Gasteiger partial charge in [0.2, 0.25) is 0 Å². The molecule has 3 unspecified atom stereocenters. The normalized spacial score (nSPS) is 29.1. The van der Waals surface area contributed by atoms with Crippen molar-refractivity contribution in [2.75, 3.05) is 6.54 Å². The Hall–Kier alpha value is -1.35. The van der Waals surface area contributed by atoms with Crippen LogP contribution in [-0.2, 0) is 0 Å². The predicted molar refractivity (Wildman–Crippen MR) is 83.3 cm³/mol. The van der Waals surface area contributed by atoms with Crippen molar-refractivity contribution >= 4 is 5.91 Å². The summed E-state index contributed by atoms with van der Waals surface area (Å²) < 4.78 is 0. The Morgan fingerprint density at radius 2 is 1.86 bits per heavy atom. The minimum absolute atomic E-state index is 0.159. The highest BCUT2D eigenvalue weighted by Gasteiger charge is 2.40. The molecule has 0 bridgehead atoms. The topological polar surface area (TPSA) is 40.5 Å². The van der Waals surface area contributed by atoms with Crippen LogP contribution in [0.1, 0.15) is 53.6 Å². The Morgan fingerprint density at radius 1 is 1.14 bits per heavy atom. The first-order valence-corrected chi connectivity index (χ1v) is 8.15. The Kier molecular flexibility index (Phi) is 4.03. The van der Waals surface area contributed by atoms with Crippen LogP contribution in [0.3, 0.4) is 0 Å². The largest absolute Gasteiger partial charge is 0.393 e. The molecule has 1 heterocycles. The van der Waals surface area contributed by atoms with Crippen molar-refractivity contribution in [3.8, 4) is 0 Å². The number of hydrogen-bond acceptors (Lipinski definition) is 2. The quantitative estimate of drug-likeness (QED) is 0.908. The van der Waals surface area contributed by atoms with E-state index in [4.69, 9.17) is 0 Å². The lowest BCUT2D eigenvalue weighted by Gasteiger charge is -2.32. The van der Waals surface area contributed by atoms with Crippen molar-refractivity contribution in [1.82, 2.24) is 4.90 Å². The predicted octanol–water partition coefficient (Wildman–Crippen LogP) is 3.07. The number of aliphatic hydroxyl groups is 1. The van der Waals surface area contributed by atoms with E-state index in [1.54, 1.807) is 0 Å². The maximum absolute atomic E-state index is 13.0. The summed E-state index contributed by atoms with van der Waals surface area (Å²) in [5.41, 5.74) is 2.96. The van der Waals surface area contributed by atoms with Crippen LogP contribution >= 0.6 is 0 Å². The molecule has 1 saturated carbocycles. The summed E-state index contributed by atoms with van der Waals surface area (Å²) in [6, 6.07) is 6.25. The van der Waals surface area contributed by atoms with Crippen LogP contribution in [0.4, 0.5) is 0 Å². The number of aryl methyl sites for hydroxylation is 2. The Bertz CT molecular complexity index is 520. The average Bonchev–Trinajstić information content (AvgIpc) is 3.06. The molecule has 0 aromatic heterocycles.